The highest BCUT2D eigenvalue weighted by atomic mass is 16.1. The van der Waals surface area contributed by atoms with Crippen molar-refractivity contribution in [1.29, 1.82) is 0 Å². The van der Waals surface area contributed by atoms with Crippen LogP contribution < -0.4 is 16.6 Å². The first-order valence-electron chi connectivity index (χ1n) is 6.86. The van der Waals surface area contributed by atoms with Crippen LogP contribution in [0.3, 0.4) is 0 Å². The number of carbonyl (C=O) groups excluding carboxylic acids is 1. The maximum Gasteiger partial charge on any atom is 0.271 e. The highest BCUT2D eigenvalue weighted by Crippen LogP contribution is 2.28. The van der Waals surface area contributed by atoms with E-state index in [4.69, 9.17) is 5.84 Å². The van der Waals surface area contributed by atoms with Crippen molar-refractivity contribution in [2.24, 2.45) is 11.8 Å². The molecule has 104 valence electrons. The summed E-state index contributed by atoms with van der Waals surface area (Å²) in [5.74, 6) is 6.28. The van der Waals surface area contributed by atoms with E-state index in [9.17, 15) is 4.79 Å². The lowest BCUT2D eigenvalue weighted by Crippen LogP contribution is -2.26. The molecule has 1 heterocycles. The van der Waals surface area contributed by atoms with Gasteiger partial charge in [0.1, 0.15) is 5.69 Å². The predicted molar refractivity (Wildman–Crippen MR) is 73.4 cm³/mol. The number of hydrogen-bond acceptors (Lipinski definition) is 5. The molecule has 0 atom stereocenters. The second-order valence-electron chi connectivity index (χ2n) is 4.98. The SMILES string of the molecule is NNc1cncc(C(=O)NCCCC2CCCC2)n1. The van der Waals surface area contributed by atoms with E-state index in [1.165, 1.54) is 44.5 Å². The fourth-order valence-corrected chi connectivity index (χ4v) is 2.53. The molecule has 0 spiro atoms. The van der Waals surface area contributed by atoms with Crippen molar-refractivity contribution in [2.45, 2.75) is 38.5 Å². The number of nitrogens with two attached hydrogens (primary N) is 1. The number of nitrogen functional groups attached to an aromatic ring is 1. The smallest absolute Gasteiger partial charge is 0.271 e. The Kier molecular flexibility index (Phi) is 5.09. The summed E-state index contributed by atoms with van der Waals surface area (Å²) in [6.07, 6.45) is 10.6. The molecule has 0 saturated heterocycles. The van der Waals surface area contributed by atoms with E-state index >= 15 is 0 Å². The van der Waals surface area contributed by atoms with Crippen LogP contribution in [-0.2, 0) is 0 Å². The molecule has 1 amide bonds. The minimum atomic E-state index is -0.198. The van der Waals surface area contributed by atoms with Gasteiger partial charge in [-0.15, -0.1) is 0 Å². The van der Waals surface area contributed by atoms with Gasteiger partial charge in [0.15, 0.2) is 5.82 Å². The van der Waals surface area contributed by atoms with E-state index in [-0.39, 0.29) is 11.6 Å². The van der Waals surface area contributed by atoms with Gasteiger partial charge in [0.25, 0.3) is 5.91 Å². The van der Waals surface area contributed by atoms with E-state index < -0.39 is 0 Å². The molecule has 4 N–H and O–H groups in total. The van der Waals surface area contributed by atoms with E-state index in [0.29, 0.717) is 12.4 Å². The van der Waals surface area contributed by atoms with Crippen LogP contribution in [0.15, 0.2) is 12.4 Å². The summed E-state index contributed by atoms with van der Waals surface area (Å²) in [7, 11) is 0. The van der Waals surface area contributed by atoms with Crippen LogP contribution in [-0.4, -0.2) is 22.4 Å². The molecule has 0 unspecified atom stereocenters. The van der Waals surface area contributed by atoms with E-state index in [1.807, 2.05) is 0 Å². The van der Waals surface area contributed by atoms with Crippen LogP contribution in [0.4, 0.5) is 5.82 Å². The van der Waals surface area contributed by atoms with Crippen LogP contribution in [0.5, 0.6) is 0 Å². The molecule has 1 saturated carbocycles. The summed E-state index contributed by atoms with van der Waals surface area (Å²) in [4.78, 5) is 19.8. The van der Waals surface area contributed by atoms with Gasteiger partial charge in [0, 0.05) is 6.54 Å². The largest absolute Gasteiger partial charge is 0.351 e. The fraction of sp³-hybridized carbons (Fsp3) is 0.615. The van der Waals surface area contributed by atoms with Crippen molar-refractivity contribution in [3.05, 3.63) is 18.1 Å². The van der Waals surface area contributed by atoms with Gasteiger partial charge < -0.3 is 10.7 Å². The van der Waals surface area contributed by atoms with Gasteiger partial charge >= 0.3 is 0 Å². The van der Waals surface area contributed by atoms with Gasteiger partial charge in [0.2, 0.25) is 0 Å². The zero-order chi connectivity index (χ0) is 13.5. The third-order valence-corrected chi connectivity index (χ3v) is 3.56. The van der Waals surface area contributed by atoms with Crippen LogP contribution in [0, 0.1) is 5.92 Å². The highest BCUT2D eigenvalue weighted by Gasteiger charge is 2.14. The zero-order valence-corrected chi connectivity index (χ0v) is 11.1. The van der Waals surface area contributed by atoms with Crippen molar-refractivity contribution in [1.82, 2.24) is 15.3 Å². The molecule has 0 aliphatic heterocycles. The number of rotatable bonds is 6. The number of nitrogens with zero attached hydrogens (tertiary/aromatic N) is 2. The molecule has 1 aliphatic carbocycles. The Hall–Kier alpha value is -1.69. The average molecular weight is 263 g/mol. The van der Waals surface area contributed by atoms with E-state index in [0.717, 1.165) is 12.3 Å². The number of hydrazine groups is 1. The molecule has 1 aliphatic rings. The van der Waals surface area contributed by atoms with Gasteiger partial charge in [-0.2, -0.15) is 0 Å². The molecule has 1 aromatic rings. The summed E-state index contributed by atoms with van der Waals surface area (Å²) in [6.45, 7) is 0.692. The normalized spacial score (nSPS) is 15.4. The van der Waals surface area contributed by atoms with Crippen LogP contribution >= 0.6 is 0 Å². The second-order valence-corrected chi connectivity index (χ2v) is 4.98. The first-order chi connectivity index (χ1) is 9.29. The lowest BCUT2D eigenvalue weighted by molar-refractivity contribution is 0.0947. The predicted octanol–water partition coefficient (Wildman–Crippen LogP) is 1.46. The first kappa shape index (κ1) is 13.7. The lowest BCUT2D eigenvalue weighted by atomic mass is 10.0. The quantitative estimate of drug-likeness (QED) is 0.410. The van der Waals surface area contributed by atoms with Crippen molar-refractivity contribution in [3.63, 3.8) is 0 Å². The minimum absolute atomic E-state index is 0.198. The number of nitrogens with one attached hydrogen (secondary N) is 2. The van der Waals surface area contributed by atoms with Crippen LogP contribution in [0.2, 0.25) is 0 Å². The van der Waals surface area contributed by atoms with Gasteiger partial charge in [0.05, 0.1) is 12.4 Å². The summed E-state index contributed by atoms with van der Waals surface area (Å²) < 4.78 is 0. The number of anilines is 1. The van der Waals surface area contributed by atoms with Crippen LogP contribution in [0.1, 0.15) is 49.0 Å². The maximum absolute atomic E-state index is 11.8. The summed E-state index contributed by atoms with van der Waals surface area (Å²) in [5, 5.41) is 2.86. The number of aromatic nitrogens is 2. The second kappa shape index (κ2) is 7.04. The molecular formula is C13H21N5O. The van der Waals surface area contributed by atoms with Gasteiger partial charge in [-0.25, -0.2) is 10.8 Å². The topological polar surface area (TPSA) is 92.9 Å². The zero-order valence-electron chi connectivity index (χ0n) is 11.1. The number of hydrogen-bond donors (Lipinski definition) is 3. The average Bonchev–Trinajstić information content (AvgIpc) is 2.96. The molecule has 2 rings (SSSR count). The third kappa shape index (κ3) is 4.17. The molecule has 6 heteroatoms. The molecular weight excluding hydrogens is 242 g/mol. The van der Waals surface area contributed by atoms with Gasteiger partial charge in [-0.1, -0.05) is 25.7 Å². The summed E-state index contributed by atoms with van der Waals surface area (Å²) in [5.41, 5.74) is 2.66. The Morgan fingerprint density at radius 2 is 2.16 bits per heavy atom. The standard InChI is InChI=1S/C13H21N5O/c14-18-12-9-15-8-11(17-12)13(19)16-7-3-6-10-4-1-2-5-10/h8-10H,1-7,14H2,(H,16,19)(H,17,18). The summed E-state index contributed by atoms with van der Waals surface area (Å²) in [6, 6.07) is 0. The van der Waals surface area contributed by atoms with Crippen molar-refractivity contribution < 1.29 is 4.79 Å². The van der Waals surface area contributed by atoms with Gasteiger partial charge in [-0.05, 0) is 18.8 Å². The van der Waals surface area contributed by atoms with Crippen molar-refractivity contribution in [2.75, 3.05) is 12.0 Å². The third-order valence-electron chi connectivity index (χ3n) is 3.56. The monoisotopic (exact) mass is 263 g/mol. The Bertz CT molecular complexity index is 417. The Labute approximate surface area is 113 Å². The lowest BCUT2D eigenvalue weighted by Gasteiger charge is -2.09. The molecule has 0 radical (unpaired) electrons. The Morgan fingerprint density at radius 3 is 2.89 bits per heavy atom. The van der Waals surface area contributed by atoms with E-state index in [2.05, 4.69) is 20.7 Å². The first-order valence-corrected chi connectivity index (χ1v) is 6.86. The van der Waals surface area contributed by atoms with Gasteiger partial charge in [-0.3, -0.25) is 9.78 Å². The Balaban J connectivity index is 1.71. The number of amides is 1. The fourth-order valence-electron chi connectivity index (χ4n) is 2.53. The molecule has 1 fully saturated rings. The number of carbonyl (C=O) groups is 1. The van der Waals surface area contributed by atoms with Crippen molar-refractivity contribution in [3.8, 4) is 0 Å². The molecule has 6 nitrogen and oxygen atoms in total. The molecule has 1 aromatic heterocycles. The molecule has 0 bridgehead atoms. The summed E-state index contributed by atoms with van der Waals surface area (Å²) >= 11 is 0. The van der Waals surface area contributed by atoms with Crippen molar-refractivity contribution >= 4 is 11.7 Å². The minimum Gasteiger partial charge on any atom is -0.351 e. The molecule has 0 aromatic carbocycles. The Morgan fingerprint density at radius 1 is 1.37 bits per heavy atom. The van der Waals surface area contributed by atoms with E-state index in [1.54, 1.807) is 0 Å². The molecule has 19 heavy (non-hydrogen) atoms. The van der Waals surface area contributed by atoms with Crippen LogP contribution in [0.25, 0.3) is 0 Å². The maximum atomic E-state index is 11.8. The highest BCUT2D eigenvalue weighted by molar-refractivity contribution is 5.92.